The number of nitrogens with zero attached hydrogens (tertiary/aromatic N) is 1. The van der Waals surface area contributed by atoms with E-state index in [2.05, 4.69) is 36.2 Å². The van der Waals surface area contributed by atoms with Crippen molar-refractivity contribution in [3.8, 4) is 0 Å². The summed E-state index contributed by atoms with van der Waals surface area (Å²) in [5.41, 5.74) is 4.93. The van der Waals surface area contributed by atoms with Gasteiger partial charge in [0, 0.05) is 35.0 Å². The minimum atomic E-state index is 0.298. The van der Waals surface area contributed by atoms with Gasteiger partial charge in [0.05, 0.1) is 6.26 Å². The second-order valence-electron chi connectivity index (χ2n) is 5.78. The summed E-state index contributed by atoms with van der Waals surface area (Å²) in [6.45, 7) is 1.94. The summed E-state index contributed by atoms with van der Waals surface area (Å²) in [6.07, 6.45) is 1.78. The van der Waals surface area contributed by atoms with Crippen LogP contribution in [-0.2, 0) is 6.54 Å². The smallest absolute Gasteiger partial charge is 0.138 e. The van der Waals surface area contributed by atoms with Crippen molar-refractivity contribution in [1.29, 1.82) is 0 Å². The third-order valence-corrected chi connectivity index (χ3v) is 4.52. The maximum Gasteiger partial charge on any atom is 0.138 e. The van der Waals surface area contributed by atoms with E-state index in [0.29, 0.717) is 5.92 Å². The summed E-state index contributed by atoms with van der Waals surface area (Å²) in [5, 5.41) is 1.96. The fourth-order valence-corrected chi connectivity index (χ4v) is 3.57. The Morgan fingerprint density at radius 2 is 2.10 bits per heavy atom. The van der Waals surface area contributed by atoms with E-state index in [9.17, 15) is 0 Å². The molecule has 4 rings (SSSR count). The molecule has 1 aliphatic heterocycles. The van der Waals surface area contributed by atoms with Crippen LogP contribution in [0.2, 0.25) is 5.02 Å². The minimum Gasteiger partial charge on any atom is -0.464 e. The van der Waals surface area contributed by atoms with Crippen LogP contribution in [0.25, 0.3) is 11.0 Å². The molecule has 2 nitrogen and oxygen atoms in total. The number of benzene rings is 2. The van der Waals surface area contributed by atoms with Crippen LogP contribution in [0.1, 0.15) is 22.6 Å². The van der Waals surface area contributed by atoms with Crippen LogP contribution in [0.15, 0.2) is 53.1 Å². The number of likely N-dealkylation sites (N-methyl/N-ethyl adjacent to an activating group) is 1. The highest BCUT2D eigenvalue weighted by Crippen LogP contribution is 2.38. The zero-order chi connectivity index (χ0) is 14.4. The minimum absolute atomic E-state index is 0.298. The van der Waals surface area contributed by atoms with Crippen molar-refractivity contribution in [1.82, 2.24) is 4.90 Å². The van der Waals surface area contributed by atoms with Crippen molar-refractivity contribution >= 4 is 22.6 Å². The number of hydrogen-bond acceptors (Lipinski definition) is 2. The van der Waals surface area contributed by atoms with Gasteiger partial charge in [0.15, 0.2) is 0 Å². The van der Waals surface area contributed by atoms with Crippen molar-refractivity contribution in [3.63, 3.8) is 0 Å². The first-order valence-corrected chi connectivity index (χ1v) is 7.53. The lowest BCUT2D eigenvalue weighted by Gasteiger charge is -2.32. The average Bonchev–Trinajstić information content (AvgIpc) is 2.94. The Morgan fingerprint density at radius 3 is 2.95 bits per heavy atom. The van der Waals surface area contributed by atoms with Crippen molar-refractivity contribution < 1.29 is 4.42 Å². The summed E-state index contributed by atoms with van der Waals surface area (Å²) >= 11 is 6.19. The molecule has 0 saturated carbocycles. The molecule has 106 valence electrons. The molecule has 21 heavy (non-hydrogen) atoms. The topological polar surface area (TPSA) is 16.4 Å². The molecule has 2 heterocycles. The van der Waals surface area contributed by atoms with Gasteiger partial charge in [0.2, 0.25) is 0 Å². The Balaban J connectivity index is 1.95. The molecule has 0 saturated heterocycles. The van der Waals surface area contributed by atoms with Gasteiger partial charge in [0.25, 0.3) is 0 Å². The highest BCUT2D eigenvalue weighted by atomic mass is 35.5. The lowest BCUT2D eigenvalue weighted by Crippen LogP contribution is -2.31. The van der Waals surface area contributed by atoms with E-state index >= 15 is 0 Å². The highest BCUT2D eigenvalue weighted by molar-refractivity contribution is 6.30. The van der Waals surface area contributed by atoms with Gasteiger partial charge in [-0.3, -0.25) is 0 Å². The van der Waals surface area contributed by atoms with Crippen molar-refractivity contribution in [2.75, 3.05) is 13.6 Å². The van der Waals surface area contributed by atoms with Crippen LogP contribution in [-0.4, -0.2) is 18.5 Å². The normalized spacial score (nSPS) is 18.9. The Kier molecular flexibility index (Phi) is 3.02. The van der Waals surface area contributed by atoms with Crippen molar-refractivity contribution in [2.24, 2.45) is 0 Å². The number of rotatable bonds is 1. The van der Waals surface area contributed by atoms with Crippen molar-refractivity contribution in [3.05, 3.63) is 70.4 Å². The quantitative estimate of drug-likeness (QED) is 0.649. The van der Waals surface area contributed by atoms with E-state index in [1.807, 2.05) is 18.2 Å². The molecule has 1 atom stereocenters. The molecular formula is C18H16ClNO. The summed E-state index contributed by atoms with van der Waals surface area (Å²) in [5.74, 6) is 0.298. The first kappa shape index (κ1) is 12.9. The SMILES string of the molecule is CN1Cc2ccc3ccoc3c2C(c2cccc(Cl)c2)C1. The Labute approximate surface area is 128 Å². The molecule has 0 aliphatic carbocycles. The van der Waals surface area contributed by atoms with Gasteiger partial charge in [-0.2, -0.15) is 0 Å². The van der Waals surface area contributed by atoms with E-state index in [0.717, 1.165) is 23.7 Å². The predicted molar refractivity (Wildman–Crippen MR) is 85.8 cm³/mol. The third kappa shape index (κ3) is 2.15. The van der Waals surface area contributed by atoms with Crippen LogP contribution < -0.4 is 0 Å². The van der Waals surface area contributed by atoms with E-state index in [-0.39, 0.29) is 0 Å². The van der Waals surface area contributed by atoms with Gasteiger partial charge in [0.1, 0.15) is 5.58 Å². The van der Waals surface area contributed by atoms with Crippen LogP contribution in [0, 0.1) is 0 Å². The van der Waals surface area contributed by atoms with Gasteiger partial charge in [-0.15, -0.1) is 0 Å². The first-order valence-electron chi connectivity index (χ1n) is 7.15. The standard InChI is InChI=1S/C18H16ClNO/c1-20-10-14-6-5-12-7-8-21-18(12)17(14)16(11-20)13-3-2-4-15(19)9-13/h2-9,16H,10-11H2,1H3. The molecule has 1 unspecified atom stereocenters. The van der Waals surface area contributed by atoms with E-state index in [4.69, 9.17) is 16.0 Å². The molecule has 0 amide bonds. The molecule has 3 aromatic rings. The lowest BCUT2D eigenvalue weighted by molar-refractivity contribution is 0.295. The third-order valence-electron chi connectivity index (χ3n) is 4.28. The molecule has 0 N–H and O–H groups in total. The zero-order valence-electron chi connectivity index (χ0n) is 11.8. The summed E-state index contributed by atoms with van der Waals surface area (Å²) in [4.78, 5) is 2.35. The highest BCUT2D eigenvalue weighted by Gasteiger charge is 2.28. The fourth-order valence-electron chi connectivity index (χ4n) is 3.37. The summed E-state index contributed by atoms with van der Waals surface area (Å²) < 4.78 is 5.78. The molecule has 0 radical (unpaired) electrons. The number of fused-ring (bicyclic) bond motifs is 3. The van der Waals surface area contributed by atoms with Gasteiger partial charge < -0.3 is 9.32 Å². The van der Waals surface area contributed by atoms with Crippen LogP contribution >= 0.6 is 11.6 Å². The summed E-state index contributed by atoms with van der Waals surface area (Å²) in [7, 11) is 2.16. The van der Waals surface area contributed by atoms with Crippen LogP contribution in [0.5, 0.6) is 0 Å². The van der Waals surface area contributed by atoms with Crippen LogP contribution in [0.3, 0.4) is 0 Å². The summed E-state index contributed by atoms with van der Waals surface area (Å²) in [6, 6.07) is 14.6. The second-order valence-corrected chi connectivity index (χ2v) is 6.22. The molecule has 1 aliphatic rings. The molecule has 1 aromatic heterocycles. The van der Waals surface area contributed by atoms with Gasteiger partial charge in [-0.1, -0.05) is 35.9 Å². The van der Waals surface area contributed by atoms with Crippen molar-refractivity contribution in [2.45, 2.75) is 12.5 Å². The molecule has 0 fully saturated rings. The number of halogens is 1. The molecule has 0 spiro atoms. The second kappa shape index (κ2) is 4.90. The Bertz CT molecular complexity index is 808. The average molecular weight is 298 g/mol. The molecule has 0 bridgehead atoms. The van der Waals surface area contributed by atoms with E-state index in [1.54, 1.807) is 6.26 Å². The lowest BCUT2D eigenvalue weighted by atomic mass is 9.84. The number of hydrogen-bond donors (Lipinski definition) is 0. The molecular weight excluding hydrogens is 282 g/mol. The first-order chi connectivity index (χ1) is 10.2. The maximum absolute atomic E-state index is 6.19. The largest absolute Gasteiger partial charge is 0.464 e. The fraction of sp³-hybridized carbons (Fsp3) is 0.222. The van der Waals surface area contributed by atoms with Gasteiger partial charge in [-0.25, -0.2) is 0 Å². The maximum atomic E-state index is 6.19. The molecule has 3 heteroatoms. The van der Waals surface area contributed by atoms with Gasteiger partial charge in [-0.05, 0) is 36.4 Å². The van der Waals surface area contributed by atoms with Crippen LogP contribution in [0.4, 0.5) is 0 Å². The Hall–Kier alpha value is -1.77. The predicted octanol–water partition coefficient (Wildman–Crippen LogP) is 4.66. The van der Waals surface area contributed by atoms with E-state index in [1.165, 1.54) is 22.1 Å². The van der Waals surface area contributed by atoms with Gasteiger partial charge >= 0.3 is 0 Å². The van der Waals surface area contributed by atoms with E-state index < -0.39 is 0 Å². The zero-order valence-corrected chi connectivity index (χ0v) is 12.6. The number of furan rings is 1. The monoisotopic (exact) mass is 297 g/mol. The molecule has 2 aromatic carbocycles. The Morgan fingerprint density at radius 1 is 1.19 bits per heavy atom.